The second-order valence-electron chi connectivity index (χ2n) is 5.29. The predicted octanol–water partition coefficient (Wildman–Crippen LogP) is 4.91. The number of carbonyl (C=O) groups excluding carboxylic acids is 1. The monoisotopic (exact) mass is 421 g/mol. The van der Waals surface area contributed by atoms with Crippen LogP contribution in [0.2, 0.25) is 0 Å². The molecule has 2 aromatic heterocycles. The lowest BCUT2D eigenvalue weighted by atomic mass is 10.3. The van der Waals surface area contributed by atoms with Gasteiger partial charge in [-0.3, -0.25) is 14.9 Å². The van der Waals surface area contributed by atoms with Crippen LogP contribution in [0, 0.1) is 10.1 Å². The van der Waals surface area contributed by atoms with Crippen molar-refractivity contribution in [3.05, 3.63) is 51.2 Å². The molecule has 0 aliphatic carbocycles. The van der Waals surface area contributed by atoms with Gasteiger partial charge in [0.15, 0.2) is 5.13 Å². The van der Waals surface area contributed by atoms with Crippen LogP contribution < -0.4 is 10.1 Å². The molecule has 0 spiro atoms. The Morgan fingerprint density at radius 2 is 2.07 bits per heavy atom. The number of anilines is 1. The fourth-order valence-electron chi connectivity index (χ4n) is 2.12. The average Bonchev–Trinajstić information content (AvgIpc) is 3.31. The number of thioether (sulfide) groups is 1. The molecule has 7 nitrogen and oxygen atoms in total. The number of hydrogen-bond donors (Lipinski definition) is 1. The third-order valence-corrected chi connectivity index (χ3v) is 6.17. The lowest BCUT2D eigenvalue weighted by Crippen LogP contribution is -2.11. The van der Waals surface area contributed by atoms with Gasteiger partial charge in [-0.1, -0.05) is 0 Å². The maximum Gasteiger partial charge on any atom is 0.280 e. The minimum Gasteiger partial charge on any atom is -0.497 e. The molecule has 0 atom stereocenters. The number of benzene rings is 1. The molecule has 0 aliphatic heterocycles. The molecule has 0 unspecified atom stereocenters. The summed E-state index contributed by atoms with van der Waals surface area (Å²) < 4.78 is 5.11. The number of thiophene rings is 1. The number of carbonyl (C=O) groups is 1. The molecule has 1 aromatic carbocycles. The number of thiazole rings is 1. The summed E-state index contributed by atoms with van der Waals surface area (Å²) >= 11 is 4.14. The van der Waals surface area contributed by atoms with Crippen LogP contribution in [0.4, 0.5) is 10.8 Å². The van der Waals surface area contributed by atoms with Gasteiger partial charge >= 0.3 is 0 Å². The van der Waals surface area contributed by atoms with E-state index in [-0.39, 0.29) is 11.6 Å². The SMILES string of the molecule is COc1ccc(SCCC(=O)Nc2nc(-c3cc([N+](=O)[O-])cs3)cs2)cc1. The van der Waals surface area contributed by atoms with Crippen molar-refractivity contribution in [2.24, 2.45) is 0 Å². The molecule has 1 amide bonds. The maximum atomic E-state index is 12.1. The zero-order valence-electron chi connectivity index (χ0n) is 14.2. The number of aromatic nitrogens is 1. The fourth-order valence-corrected chi connectivity index (χ4v) is 4.58. The van der Waals surface area contributed by atoms with Gasteiger partial charge in [0, 0.05) is 28.5 Å². The summed E-state index contributed by atoms with van der Waals surface area (Å²) in [4.78, 5) is 28.5. The van der Waals surface area contributed by atoms with Crippen LogP contribution in [0.15, 0.2) is 46.0 Å². The molecule has 1 N–H and O–H groups in total. The summed E-state index contributed by atoms with van der Waals surface area (Å²) in [5, 5.41) is 17.3. The first-order chi connectivity index (χ1) is 13.0. The normalized spacial score (nSPS) is 10.6. The van der Waals surface area contributed by atoms with Crippen molar-refractivity contribution in [3.8, 4) is 16.3 Å². The molecule has 0 aliphatic rings. The molecule has 3 aromatic rings. The van der Waals surface area contributed by atoms with Crippen LogP contribution in [0.5, 0.6) is 5.75 Å². The first kappa shape index (κ1) is 19.3. The standard InChI is InChI=1S/C17H15N3O4S3/c1-24-12-2-4-13(5-3-12)25-7-6-16(21)19-17-18-14(10-27-17)15-8-11(9-26-15)20(22)23/h2-5,8-10H,6-7H2,1H3,(H,18,19,21). The molecule has 0 fully saturated rings. The van der Waals surface area contributed by atoms with E-state index in [1.807, 2.05) is 24.3 Å². The van der Waals surface area contributed by atoms with E-state index in [0.717, 1.165) is 10.6 Å². The van der Waals surface area contributed by atoms with Crippen molar-refractivity contribution >= 4 is 51.2 Å². The quantitative estimate of drug-likeness (QED) is 0.315. The Hall–Kier alpha value is -2.43. The number of rotatable bonds is 8. The number of nitrogens with one attached hydrogen (secondary N) is 1. The zero-order chi connectivity index (χ0) is 19.2. The topological polar surface area (TPSA) is 94.4 Å². The van der Waals surface area contributed by atoms with Crippen LogP contribution in [-0.2, 0) is 4.79 Å². The smallest absolute Gasteiger partial charge is 0.280 e. The molecule has 10 heteroatoms. The first-order valence-corrected chi connectivity index (χ1v) is 10.5. The Morgan fingerprint density at radius 3 is 2.74 bits per heavy atom. The summed E-state index contributed by atoms with van der Waals surface area (Å²) in [7, 11) is 1.62. The maximum absolute atomic E-state index is 12.1. The van der Waals surface area contributed by atoms with E-state index in [1.165, 1.54) is 34.1 Å². The van der Waals surface area contributed by atoms with Crippen LogP contribution in [0.25, 0.3) is 10.6 Å². The Bertz CT molecular complexity index is 937. The summed E-state index contributed by atoms with van der Waals surface area (Å²) in [6, 6.07) is 9.16. The summed E-state index contributed by atoms with van der Waals surface area (Å²) in [6.45, 7) is 0. The fraction of sp³-hybridized carbons (Fsp3) is 0.176. The van der Waals surface area contributed by atoms with E-state index in [0.29, 0.717) is 27.9 Å². The highest BCUT2D eigenvalue weighted by molar-refractivity contribution is 7.99. The summed E-state index contributed by atoms with van der Waals surface area (Å²) in [5.74, 6) is 1.33. The lowest BCUT2D eigenvalue weighted by molar-refractivity contribution is -0.384. The molecule has 0 bridgehead atoms. The van der Waals surface area contributed by atoms with Gasteiger partial charge in [-0.25, -0.2) is 4.98 Å². The molecule has 0 radical (unpaired) electrons. The van der Waals surface area contributed by atoms with Crippen molar-refractivity contribution in [1.29, 1.82) is 0 Å². The van der Waals surface area contributed by atoms with Gasteiger partial charge < -0.3 is 10.1 Å². The Morgan fingerprint density at radius 1 is 1.30 bits per heavy atom. The third kappa shape index (κ3) is 5.28. The molecule has 0 saturated carbocycles. The highest BCUT2D eigenvalue weighted by Crippen LogP contribution is 2.33. The van der Waals surface area contributed by atoms with Crippen molar-refractivity contribution in [1.82, 2.24) is 4.98 Å². The van der Waals surface area contributed by atoms with E-state index in [1.54, 1.807) is 24.3 Å². The third-order valence-electron chi connectivity index (χ3n) is 3.46. The molecule has 27 heavy (non-hydrogen) atoms. The van der Waals surface area contributed by atoms with E-state index in [2.05, 4.69) is 10.3 Å². The second kappa shape index (κ2) is 8.98. The molecule has 3 rings (SSSR count). The predicted molar refractivity (Wildman–Crippen MR) is 109 cm³/mol. The number of nitro groups is 1. The van der Waals surface area contributed by atoms with Gasteiger partial charge in [0.25, 0.3) is 5.69 Å². The van der Waals surface area contributed by atoms with Crippen molar-refractivity contribution in [3.63, 3.8) is 0 Å². The number of hydrogen-bond acceptors (Lipinski definition) is 8. The van der Waals surface area contributed by atoms with E-state index in [9.17, 15) is 14.9 Å². The molecule has 2 heterocycles. The molecule has 0 saturated heterocycles. The number of methoxy groups -OCH3 is 1. The molecular formula is C17H15N3O4S3. The van der Waals surface area contributed by atoms with Gasteiger partial charge in [0.1, 0.15) is 5.75 Å². The highest BCUT2D eigenvalue weighted by atomic mass is 32.2. The van der Waals surface area contributed by atoms with Crippen LogP contribution in [0.3, 0.4) is 0 Å². The Kier molecular flexibility index (Phi) is 6.43. The summed E-state index contributed by atoms with van der Waals surface area (Å²) in [6.07, 6.45) is 0.357. The highest BCUT2D eigenvalue weighted by Gasteiger charge is 2.14. The van der Waals surface area contributed by atoms with E-state index in [4.69, 9.17) is 4.74 Å². The average molecular weight is 422 g/mol. The van der Waals surface area contributed by atoms with E-state index >= 15 is 0 Å². The molecular weight excluding hydrogens is 406 g/mol. The van der Waals surface area contributed by atoms with Crippen molar-refractivity contribution < 1.29 is 14.5 Å². The van der Waals surface area contributed by atoms with E-state index < -0.39 is 4.92 Å². The van der Waals surface area contributed by atoms with Crippen LogP contribution in [-0.4, -0.2) is 28.7 Å². The number of ether oxygens (including phenoxy) is 1. The number of amides is 1. The van der Waals surface area contributed by atoms with Gasteiger partial charge in [0.05, 0.1) is 28.0 Å². The lowest BCUT2D eigenvalue weighted by Gasteiger charge is -2.04. The van der Waals surface area contributed by atoms with Crippen molar-refractivity contribution in [2.75, 3.05) is 18.2 Å². The largest absolute Gasteiger partial charge is 0.497 e. The second-order valence-corrected chi connectivity index (χ2v) is 8.22. The van der Waals surface area contributed by atoms with Gasteiger partial charge in [0.2, 0.25) is 5.91 Å². The number of nitrogens with zero attached hydrogens (tertiary/aromatic N) is 2. The minimum atomic E-state index is -0.435. The zero-order valence-corrected chi connectivity index (χ0v) is 16.7. The van der Waals surface area contributed by atoms with Gasteiger partial charge in [-0.2, -0.15) is 0 Å². The molecule has 140 valence electrons. The van der Waals surface area contributed by atoms with Gasteiger partial charge in [-0.15, -0.1) is 34.4 Å². The minimum absolute atomic E-state index is 0.0455. The van der Waals surface area contributed by atoms with Gasteiger partial charge in [-0.05, 0) is 24.3 Å². The Balaban J connectivity index is 1.49. The van der Waals surface area contributed by atoms with Crippen LogP contribution in [0.1, 0.15) is 6.42 Å². The first-order valence-electron chi connectivity index (χ1n) is 7.80. The summed E-state index contributed by atoms with van der Waals surface area (Å²) in [5.41, 5.74) is 0.671. The van der Waals surface area contributed by atoms with Crippen LogP contribution >= 0.6 is 34.4 Å². The van der Waals surface area contributed by atoms with Crippen molar-refractivity contribution in [2.45, 2.75) is 11.3 Å². The Labute approximate surface area is 167 Å².